The normalized spacial score (nSPS) is 10.5. The van der Waals surface area contributed by atoms with Gasteiger partial charge < -0.3 is 5.73 Å². The van der Waals surface area contributed by atoms with Crippen LogP contribution >= 0.6 is 0 Å². The van der Waals surface area contributed by atoms with Crippen molar-refractivity contribution in [3.63, 3.8) is 0 Å². The molecule has 5 heteroatoms. The quantitative estimate of drug-likeness (QED) is 0.526. The predicted octanol–water partition coefficient (Wildman–Crippen LogP) is 3.11. The van der Waals surface area contributed by atoms with Crippen molar-refractivity contribution in [2.24, 2.45) is 0 Å². The standard InChI is InChI=1S/C14H10F3NO/c15-11-5-4-10(13(16)14(11)17)12(19)7-8-2-1-3-9(18)6-8/h1-6H,7,18H2. The van der Waals surface area contributed by atoms with Crippen LogP contribution in [-0.2, 0) is 6.42 Å². The Labute approximate surface area is 107 Å². The van der Waals surface area contributed by atoms with Gasteiger partial charge in [-0.25, -0.2) is 13.2 Å². The van der Waals surface area contributed by atoms with Gasteiger partial charge in [0.1, 0.15) is 0 Å². The van der Waals surface area contributed by atoms with Crippen molar-refractivity contribution in [2.45, 2.75) is 6.42 Å². The van der Waals surface area contributed by atoms with Crippen LogP contribution in [-0.4, -0.2) is 5.78 Å². The lowest BCUT2D eigenvalue weighted by Crippen LogP contribution is -2.09. The smallest absolute Gasteiger partial charge is 0.195 e. The molecule has 0 aliphatic rings. The van der Waals surface area contributed by atoms with E-state index in [1.807, 2.05) is 0 Å². The number of Topliss-reactive ketones (excluding diaryl/α,β-unsaturated/α-hetero) is 1. The molecular weight excluding hydrogens is 255 g/mol. The van der Waals surface area contributed by atoms with E-state index < -0.39 is 28.8 Å². The highest BCUT2D eigenvalue weighted by molar-refractivity contribution is 5.97. The molecule has 0 atom stereocenters. The third kappa shape index (κ3) is 2.76. The summed E-state index contributed by atoms with van der Waals surface area (Å²) < 4.78 is 39.2. The number of nitrogens with two attached hydrogens (primary N) is 1. The van der Waals surface area contributed by atoms with Crippen LogP contribution in [0.4, 0.5) is 18.9 Å². The average Bonchev–Trinajstić information content (AvgIpc) is 2.36. The number of hydrogen-bond donors (Lipinski definition) is 1. The van der Waals surface area contributed by atoms with E-state index in [2.05, 4.69) is 0 Å². The molecule has 0 saturated carbocycles. The maximum atomic E-state index is 13.4. The minimum atomic E-state index is -1.64. The van der Waals surface area contributed by atoms with E-state index in [-0.39, 0.29) is 6.42 Å². The van der Waals surface area contributed by atoms with Crippen LogP contribution in [0.3, 0.4) is 0 Å². The van der Waals surface area contributed by atoms with E-state index in [9.17, 15) is 18.0 Å². The molecule has 0 bridgehead atoms. The SMILES string of the molecule is Nc1cccc(CC(=O)c2ccc(F)c(F)c2F)c1. The first-order chi connectivity index (χ1) is 8.99. The van der Waals surface area contributed by atoms with Gasteiger partial charge in [0, 0.05) is 12.1 Å². The van der Waals surface area contributed by atoms with Gasteiger partial charge in [-0.1, -0.05) is 12.1 Å². The van der Waals surface area contributed by atoms with Crippen molar-refractivity contribution in [1.29, 1.82) is 0 Å². The highest BCUT2D eigenvalue weighted by Gasteiger charge is 2.18. The Morgan fingerprint density at radius 3 is 2.47 bits per heavy atom. The van der Waals surface area contributed by atoms with E-state index in [1.165, 1.54) is 0 Å². The number of anilines is 1. The predicted molar refractivity (Wildman–Crippen MR) is 65.2 cm³/mol. The molecule has 19 heavy (non-hydrogen) atoms. The van der Waals surface area contributed by atoms with E-state index in [4.69, 9.17) is 5.73 Å². The van der Waals surface area contributed by atoms with Gasteiger partial charge in [-0.05, 0) is 29.8 Å². The Kier molecular flexibility index (Phi) is 3.55. The van der Waals surface area contributed by atoms with Crippen molar-refractivity contribution in [1.82, 2.24) is 0 Å². The molecule has 2 rings (SSSR count). The highest BCUT2D eigenvalue weighted by Crippen LogP contribution is 2.18. The zero-order valence-corrected chi connectivity index (χ0v) is 9.79. The maximum absolute atomic E-state index is 13.4. The number of rotatable bonds is 3. The number of halogens is 3. The molecule has 2 aromatic carbocycles. The second-order valence-corrected chi connectivity index (χ2v) is 4.07. The van der Waals surface area contributed by atoms with Crippen LogP contribution in [0, 0.1) is 17.5 Å². The molecule has 0 amide bonds. The summed E-state index contributed by atoms with van der Waals surface area (Å²) in [5.74, 6) is -5.06. The summed E-state index contributed by atoms with van der Waals surface area (Å²) in [6.45, 7) is 0. The molecule has 2 aromatic rings. The fourth-order valence-corrected chi connectivity index (χ4v) is 1.72. The molecule has 0 fully saturated rings. The number of ketones is 1. The second kappa shape index (κ2) is 5.14. The molecule has 2 nitrogen and oxygen atoms in total. The first-order valence-corrected chi connectivity index (χ1v) is 5.50. The topological polar surface area (TPSA) is 43.1 Å². The lowest BCUT2D eigenvalue weighted by atomic mass is 10.0. The van der Waals surface area contributed by atoms with Crippen molar-refractivity contribution < 1.29 is 18.0 Å². The summed E-state index contributed by atoms with van der Waals surface area (Å²) >= 11 is 0. The molecule has 98 valence electrons. The maximum Gasteiger partial charge on any atom is 0.195 e. The first kappa shape index (κ1) is 13.1. The minimum Gasteiger partial charge on any atom is -0.399 e. The number of hydrogen-bond acceptors (Lipinski definition) is 2. The van der Waals surface area contributed by atoms with Crippen LogP contribution in [0.5, 0.6) is 0 Å². The van der Waals surface area contributed by atoms with Gasteiger partial charge in [-0.2, -0.15) is 0 Å². The van der Waals surface area contributed by atoms with Crippen molar-refractivity contribution >= 4 is 11.5 Å². The van der Waals surface area contributed by atoms with E-state index >= 15 is 0 Å². The van der Waals surface area contributed by atoms with Crippen LogP contribution < -0.4 is 5.73 Å². The zero-order valence-electron chi connectivity index (χ0n) is 9.79. The molecule has 0 unspecified atom stereocenters. The summed E-state index contributed by atoms with van der Waals surface area (Å²) in [5, 5.41) is 0. The molecule has 0 aliphatic heterocycles. The van der Waals surface area contributed by atoms with Gasteiger partial charge in [0.2, 0.25) is 0 Å². The summed E-state index contributed by atoms with van der Waals surface area (Å²) in [6.07, 6.45) is -0.132. The lowest BCUT2D eigenvalue weighted by Gasteiger charge is -2.05. The van der Waals surface area contributed by atoms with E-state index in [0.717, 1.165) is 12.1 Å². The first-order valence-electron chi connectivity index (χ1n) is 5.50. The Hall–Kier alpha value is -2.30. The molecule has 0 saturated heterocycles. The Morgan fingerprint density at radius 1 is 1.05 bits per heavy atom. The third-order valence-electron chi connectivity index (χ3n) is 2.65. The summed E-state index contributed by atoms with van der Waals surface area (Å²) in [7, 11) is 0. The number of carbonyl (C=O) groups is 1. The lowest BCUT2D eigenvalue weighted by molar-refractivity contribution is 0.0988. The van der Waals surface area contributed by atoms with Gasteiger partial charge in [-0.15, -0.1) is 0 Å². The van der Waals surface area contributed by atoms with Crippen molar-refractivity contribution in [2.75, 3.05) is 5.73 Å². The Morgan fingerprint density at radius 2 is 1.79 bits per heavy atom. The molecule has 0 radical (unpaired) electrons. The average molecular weight is 265 g/mol. The molecule has 0 heterocycles. The fraction of sp³-hybridized carbons (Fsp3) is 0.0714. The summed E-state index contributed by atoms with van der Waals surface area (Å²) in [5.41, 5.74) is 6.13. The molecular formula is C14H10F3NO. The summed E-state index contributed by atoms with van der Waals surface area (Å²) in [4.78, 5) is 11.8. The fourth-order valence-electron chi connectivity index (χ4n) is 1.72. The largest absolute Gasteiger partial charge is 0.399 e. The molecule has 2 N–H and O–H groups in total. The van der Waals surface area contributed by atoms with Crippen LogP contribution in [0.25, 0.3) is 0 Å². The summed E-state index contributed by atoms with van der Waals surface area (Å²) in [6, 6.07) is 8.17. The van der Waals surface area contributed by atoms with Gasteiger partial charge >= 0.3 is 0 Å². The third-order valence-corrected chi connectivity index (χ3v) is 2.65. The van der Waals surface area contributed by atoms with Gasteiger partial charge in [0.15, 0.2) is 23.2 Å². The van der Waals surface area contributed by atoms with Crippen LogP contribution in [0.1, 0.15) is 15.9 Å². The van der Waals surface area contributed by atoms with Crippen LogP contribution in [0.15, 0.2) is 36.4 Å². The molecule has 0 spiro atoms. The van der Waals surface area contributed by atoms with Crippen molar-refractivity contribution in [3.05, 3.63) is 65.0 Å². The monoisotopic (exact) mass is 265 g/mol. The Balaban J connectivity index is 2.28. The van der Waals surface area contributed by atoms with Crippen molar-refractivity contribution in [3.8, 4) is 0 Å². The minimum absolute atomic E-state index is 0.132. The van der Waals surface area contributed by atoms with E-state index in [1.54, 1.807) is 24.3 Å². The zero-order chi connectivity index (χ0) is 14.0. The second-order valence-electron chi connectivity index (χ2n) is 4.07. The molecule has 0 aliphatic carbocycles. The van der Waals surface area contributed by atoms with E-state index in [0.29, 0.717) is 11.3 Å². The number of nitrogen functional groups attached to an aromatic ring is 1. The molecule has 0 aromatic heterocycles. The Bertz CT molecular complexity index is 641. The highest BCUT2D eigenvalue weighted by atomic mass is 19.2. The van der Waals surface area contributed by atoms with Gasteiger partial charge in [-0.3, -0.25) is 4.79 Å². The number of carbonyl (C=O) groups excluding carboxylic acids is 1. The number of benzene rings is 2. The van der Waals surface area contributed by atoms with Gasteiger partial charge in [0.25, 0.3) is 0 Å². The van der Waals surface area contributed by atoms with Crippen LogP contribution in [0.2, 0.25) is 0 Å². The van der Waals surface area contributed by atoms with Gasteiger partial charge in [0.05, 0.1) is 5.56 Å².